The maximum atomic E-state index is 8.95. The fraction of sp³-hybridized carbons (Fsp3) is 0.700. The van der Waals surface area contributed by atoms with Gasteiger partial charge >= 0.3 is 0 Å². The molecule has 1 rings (SSSR count). The van der Waals surface area contributed by atoms with Crippen LogP contribution in [0.2, 0.25) is 0 Å². The van der Waals surface area contributed by atoms with Gasteiger partial charge in [-0.1, -0.05) is 6.92 Å². The average Bonchev–Trinajstić information content (AvgIpc) is 2.60. The second-order valence-electron chi connectivity index (χ2n) is 3.66. The van der Waals surface area contributed by atoms with Gasteiger partial charge in [-0.15, -0.1) is 0 Å². The molecule has 80 valence electrons. The summed E-state index contributed by atoms with van der Waals surface area (Å²) in [6.45, 7) is 4.25. The highest BCUT2D eigenvalue weighted by Gasteiger charge is 2.12. The van der Waals surface area contributed by atoms with E-state index in [1.54, 1.807) is 4.68 Å². The van der Waals surface area contributed by atoms with E-state index in [4.69, 9.17) is 5.11 Å². The average molecular weight is 197 g/mol. The number of nitrogens with one attached hydrogen (secondary N) is 1. The monoisotopic (exact) mass is 197 g/mol. The summed E-state index contributed by atoms with van der Waals surface area (Å²) in [7, 11) is 1.91. The predicted octanol–water partition coefficient (Wildman–Crippen LogP) is 0.842. The van der Waals surface area contributed by atoms with Gasteiger partial charge in [0.1, 0.15) is 0 Å². The van der Waals surface area contributed by atoms with E-state index in [2.05, 4.69) is 17.3 Å². The van der Waals surface area contributed by atoms with Gasteiger partial charge in [-0.2, -0.15) is 5.10 Å². The van der Waals surface area contributed by atoms with Crippen LogP contribution in [-0.4, -0.2) is 27.5 Å². The fourth-order valence-electron chi connectivity index (χ4n) is 1.47. The fourth-order valence-corrected chi connectivity index (χ4v) is 1.47. The van der Waals surface area contributed by atoms with E-state index in [0.29, 0.717) is 0 Å². The number of aromatic nitrogens is 2. The Bertz CT molecular complexity index is 272. The summed E-state index contributed by atoms with van der Waals surface area (Å²) in [5.41, 5.74) is 1.18. The first-order valence-corrected chi connectivity index (χ1v) is 5.02. The van der Waals surface area contributed by atoms with Crippen molar-refractivity contribution in [2.75, 3.05) is 6.61 Å². The normalized spacial score (nSPS) is 15.4. The molecule has 0 aromatic carbocycles. The van der Waals surface area contributed by atoms with Crippen LogP contribution in [0, 0.1) is 0 Å². The molecule has 0 bridgehead atoms. The third-order valence-corrected chi connectivity index (χ3v) is 2.30. The zero-order valence-electron chi connectivity index (χ0n) is 9.07. The second-order valence-corrected chi connectivity index (χ2v) is 3.66. The Kier molecular flexibility index (Phi) is 4.10. The van der Waals surface area contributed by atoms with Gasteiger partial charge in [0.05, 0.1) is 12.8 Å². The molecule has 0 aliphatic heterocycles. The first-order valence-electron chi connectivity index (χ1n) is 5.02. The van der Waals surface area contributed by atoms with Crippen molar-refractivity contribution in [3.05, 3.63) is 18.0 Å². The lowest BCUT2D eigenvalue weighted by molar-refractivity contribution is 0.239. The Labute approximate surface area is 84.9 Å². The molecule has 14 heavy (non-hydrogen) atoms. The van der Waals surface area contributed by atoms with Gasteiger partial charge in [0, 0.05) is 30.9 Å². The number of hydrogen-bond acceptors (Lipinski definition) is 3. The summed E-state index contributed by atoms with van der Waals surface area (Å²) >= 11 is 0. The van der Waals surface area contributed by atoms with E-state index in [9.17, 15) is 0 Å². The molecule has 0 aliphatic carbocycles. The molecular formula is C10H19N3O. The van der Waals surface area contributed by atoms with E-state index in [0.717, 1.165) is 6.42 Å². The Balaban J connectivity index is 2.62. The third kappa shape index (κ3) is 2.82. The van der Waals surface area contributed by atoms with Crippen LogP contribution in [0.3, 0.4) is 0 Å². The molecule has 2 N–H and O–H groups in total. The van der Waals surface area contributed by atoms with E-state index >= 15 is 0 Å². The Morgan fingerprint density at radius 2 is 2.36 bits per heavy atom. The molecule has 1 unspecified atom stereocenters. The third-order valence-electron chi connectivity index (χ3n) is 2.30. The van der Waals surface area contributed by atoms with Gasteiger partial charge < -0.3 is 10.4 Å². The molecular weight excluding hydrogens is 178 g/mol. The quantitative estimate of drug-likeness (QED) is 0.735. The molecule has 0 saturated heterocycles. The standard InChI is InChI=1S/C10H19N3O/c1-4-10(12-8(2)7-14)9-5-11-13(3)6-9/h5-6,8,10,12,14H,4,7H2,1-3H3/t8-,10?/m1/s1. The molecule has 4 heteroatoms. The second kappa shape index (κ2) is 5.12. The summed E-state index contributed by atoms with van der Waals surface area (Å²) < 4.78 is 1.79. The molecule has 2 atom stereocenters. The predicted molar refractivity (Wildman–Crippen MR) is 55.9 cm³/mol. The van der Waals surface area contributed by atoms with Crippen molar-refractivity contribution in [2.45, 2.75) is 32.4 Å². The molecule has 0 aliphatic rings. The van der Waals surface area contributed by atoms with Crippen LogP contribution in [0.15, 0.2) is 12.4 Å². The smallest absolute Gasteiger partial charge is 0.0582 e. The van der Waals surface area contributed by atoms with Crippen LogP contribution in [-0.2, 0) is 7.05 Å². The van der Waals surface area contributed by atoms with Crippen molar-refractivity contribution in [1.82, 2.24) is 15.1 Å². The van der Waals surface area contributed by atoms with Crippen molar-refractivity contribution in [3.63, 3.8) is 0 Å². The number of rotatable bonds is 5. The van der Waals surface area contributed by atoms with E-state index in [-0.39, 0.29) is 18.7 Å². The minimum atomic E-state index is 0.125. The largest absolute Gasteiger partial charge is 0.395 e. The molecule has 1 aromatic heterocycles. The minimum Gasteiger partial charge on any atom is -0.395 e. The van der Waals surface area contributed by atoms with Crippen LogP contribution in [0.1, 0.15) is 31.9 Å². The maximum Gasteiger partial charge on any atom is 0.0582 e. The molecule has 0 fully saturated rings. The van der Waals surface area contributed by atoms with Crippen molar-refractivity contribution < 1.29 is 5.11 Å². The van der Waals surface area contributed by atoms with E-state index in [1.807, 2.05) is 26.4 Å². The molecule has 4 nitrogen and oxygen atoms in total. The summed E-state index contributed by atoms with van der Waals surface area (Å²) in [5.74, 6) is 0. The maximum absolute atomic E-state index is 8.95. The van der Waals surface area contributed by atoms with Crippen LogP contribution in [0.5, 0.6) is 0 Å². The van der Waals surface area contributed by atoms with Gasteiger partial charge in [0.25, 0.3) is 0 Å². The first-order chi connectivity index (χ1) is 6.67. The number of hydrogen-bond donors (Lipinski definition) is 2. The number of aliphatic hydroxyl groups excluding tert-OH is 1. The van der Waals surface area contributed by atoms with Crippen molar-refractivity contribution in [3.8, 4) is 0 Å². The highest BCUT2D eigenvalue weighted by Crippen LogP contribution is 2.15. The molecule has 0 amide bonds. The number of aliphatic hydroxyl groups is 1. The van der Waals surface area contributed by atoms with Crippen LogP contribution < -0.4 is 5.32 Å². The van der Waals surface area contributed by atoms with Crippen molar-refractivity contribution in [1.29, 1.82) is 0 Å². The van der Waals surface area contributed by atoms with Crippen molar-refractivity contribution in [2.24, 2.45) is 7.05 Å². The summed E-state index contributed by atoms with van der Waals surface area (Å²) in [6.07, 6.45) is 4.87. The number of aryl methyl sites for hydroxylation is 1. The van der Waals surface area contributed by atoms with E-state index < -0.39 is 0 Å². The van der Waals surface area contributed by atoms with Crippen LogP contribution in [0.4, 0.5) is 0 Å². The van der Waals surface area contributed by atoms with Gasteiger partial charge in [-0.05, 0) is 13.3 Å². The van der Waals surface area contributed by atoms with Gasteiger partial charge in [0.15, 0.2) is 0 Å². The first kappa shape index (κ1) is 11.2. The Hall–Kier alpha value is -0.870. The lowest BCUT2D eigenvalue weighted by atomic mass is 10.1. The summed E-state index contributed by atoms with van der Waals surface area (Å²) in [4.78, 5) is 0. The van der Waals surface area contributed by atoms with Crippen LogP contribution in [0.25, 0.3) is 0 Å². The lowest BCUT2D eigenvalue weighted by Crippen LogP contribution is -2.32. The highest BCUT2D eigenvalue weighted by molar-refractivity contribution is 5.10. The molecule has 0 saturated carbocycles. The molecule has 1 heterocycles. The topological polar surface area (TPSA) is 50.1 Å². The van der Waals surface area contributed by atoms with Gasteiger partial charge in [-0.25, -0.2) is 0 Å². The zero-order chi connectivity index (χ0) is 10.6. The molecule has 1 aromatic rings. The molecule has 0 radical (unpaired) electrons. The SMILES string of the molecule is CCC(N[C@H](C)CO)c1cnn(C)c1. The Morgan fingerprint density at radius 1 is 1.64 bits per heavy atom. The van der Waals surface area contributed by atoms with Gasteiger partial charge in [-0.3, -0.25) is 4.68 Å². The summed E-state index contributed by atoms with van der Waals surface area (Å²) in [5, 5.41) is 16.4. The lowest BCUT2D eigenvalue weighted by Gasteiger charge is -2.19. The Morgan fingerprint density at radius 3 is 2.79 bits per heavy atom. The summed E-state index contributed by atoms with van der Waals surface area (Å²) in [6, 6.07) is 0.408. The van der Waals surface area contributed by atoms with E-state index in [1.165, 1.54) is 5.56 Å². The molecule has 0 spiro atoms. The van der Waals surface area contributed by atoms with Crippen LogP contribution >= 0.6 is 0 Å². The zero-order valence-corrected chi connectivity index (χ0v) is 9.07. The van der Waals surface area contributed by atoms with Crippen molar-refractivity contribution >= 4 is 0 Å². The number of nitrogens with zero attached hydrogens (tertiary/aromatic N) is 2. The minimum absolute atomic E-state index is 0.125. The van der Waals surface area contributed by atoms with Gasteiger partial charge in [0.2, 0.25) is 0 Å². The highest BCUT2D eigenvalue weighted by atomic mass is 16.3.